The van der Waals surface area contributed by atoms with Crippen LogP contribution in [0.15, 0.2) is 58.4 Å². The first-order valence-electron chi connectivity index (χ1n) is 8.51. The smallest absolute Gasteiger partial charge is 0.292 e. The van der Waals surface area contributed by atoms with Crippen LogP contribution in [0.3, 0.4) is 0 Å². The van der Waals surface area contributed by atoms with Crippen molar-refractivity contribution >= 4 is 22.9 Å². The number of benzene rings is 2. The number of hydrogen-bond acceptors (Lipinski definition) is 5. The quantitative estimate of drug-likeness (QED) is 0.557. The molecule has 0 fully saturated rings. The SMILES string of the molecule is COc1ccccc1/C=N\NC(=O)c1nn(C(C)C)c(=O)c2ccccc12. The fourth-order valence-electron chi connectivity index (χ4n) is 2.71. The van der Waals surface area contributed by atoms with Crippen molar-refractivity contribution in [2.75, 3.05) is 7.11 Å². The van der Waals surface area contributed by atoms with Crippen molar-refractivity contribution in [2.45, 2.75) is 19.9 Å². The van der Waals surface area contributed by atoms with Gasteiger partial charge in [0.25, 0.3) is 11.5 Å². The Balaban J connectivity index is 1.95. The van der Waals surface area contributed by atoms with Crippen molar-refractivity contribution in [3.8, 4) is 5.75 Å². The van der Waals surface area contributed by atoms with Crippen molar-refractivity contribution in [2.24, 2.45) is 5.10 Å². The first-order valence-corrected chi connectivity index (χ1v) is 8.51. The average molecular weight is 364 g/mol. The van der Waals surface area contributed by atoms with Gasteiger partial charge in [-0.2, -0.15) is 10.2 Å². The molecule has 1 amide bonds. The van der Waals surface area contributed by atoms with Crippen LogP contribution in [0, 0.1) is 0 Å². The summed E-state index contributed by atoms with van der Waals surface area (Å²) in [5.41, 5.74) is 3.12. The van der Waals surface area contributed by atoms with E-state index in [2.05, 4.69) is 15.6 Å². The Hall–Kier alpha value is -3.48. The zero-order valence-electron chi connectivity index (χ0n) is 15.3. The first-order chi connectivity index (χ1) is 13.0. The molecule has 0 aliphatic heterocycles. The summed E-state index contributed by atoms with van der Waals surface area (Å²) in [6.07, 6.45) is 1.50. The minimum atomic E-state index is -0.494. The molecular weight excluding hydrogens is 344 g/mol. The molecule has 0 radical (unpaired) electrons. The van der Waals surface area contributed by atoms with Crippen LogP contribution < -0.4 is 15.7 Å². The molecule has 0 spiro atoms. The third kappa shape index (κ3) is 3.72. The predicted octanol–water partition coefficient (Wildman–Crippen LogP) is 2.75. The minimum absolute atomic E-state index is 0.149. The Bertz CT molecular complexity index is 1070. The van der Waals surface area contributed by atoms with E-state index < -0.39 is 5.91 Å². The third-order valence-electron chi connectivity index (χ3n) is 4.04. The van der Waals surface area contributed by atoms with Crippen molar-refractivity contribution in [3.05, 3.63) is 70.1 Å². The van der Waals surface area contributed by atoms with Gasteiger partial charge in [-0.25, -0.2) is 10.1 Å². The third-order valence-corrected chi connectivity index (χ3v) is 4.04. The molecule has 7 nitrogen and oxygen atoms in total. The number of hydrogen-bond donors (Lipinski definition) is 1. The van der Waals surface area contributed by atoms with Crippen molar-refractivity contribution in [1.29, 1.82) is 0 Å². The highest BCUT2D eigenvalue weighted by Gasteiger charge is 2.17. The summed E-state index contributed by atoms with van der Waals surface area (Å²) in [6, 6.07) is 14.1. The highest BCUT2D eigenvalue weighted by atomic mass is 16.5. The summed E-state index contributed by atoms with van der Waals surface area (Å²) < 4.78 is 6.55. The summed E-state index contributed by atoms with van der Waals surface area (Å²) in [6.45, 7) is 3.68. The number of para-hydroxylation sites is 1. The fraction of sp³-hybridized carbons (Fsp3) is 0.200. The number of amides is 1. The molecule has 7 heteroatoms. The largest absolute Gasteiger partial charge is 0.496 e. The minimum Gasteiger partial charge on any atom is -0.496 e. The van der Waals surface area contributed by atoms with Crippen LogP contribution in [0.1, 0.15) is 35.9 Å². The van der Waals surface area contributed by atoms with Crippen molar-refractivity contribution in [3.63, 3.8) is 0 Å². The van der Waals surface area contributed by atoms with Gasteiger partial charge < -0.3 is 4.74 Å². The van der Waals surface area contributed by atoms with Crippen LogP contribution in [0.2, 0.25) is 0 Å². The molecule has 0 bridgehead atoms. The van der Waals surface area contributed by atoms with Gasteiger partial charge in [-0.15, -0.1) is 0 Å². The summed E-state index contributed by atoms with van der Waals surface area (Å²) >= 11 is 0. The molecule has 3 rings (SSSR count). The predicted molar refractivity (Wildman–Crippen MR) is 104 cm³/mol. The van der Waals surface area contributed by atoms with Crippen LogP contribution in [-0.4, -0.2) is 29.0 Å². The fourth-order valence-corrected chi connectivity index (χ4v) is 2.71. The Labute approximate surface area is 156 Å². The van der Waals surface area contributed by atoms with E-state index in [0.717, 1.165) is 5.56 Å². The number of rotatable bonds is 5. The topological polar surface area (TPSA) is 85.6 Å². The molecule has 1 N–H and O–H groups in total. The number of aromatic nitrogens is 2. The molecule has 0 unspecified atom stereocenters. The molecule has 0 aliphatic carbocycles. The van der Waals surface area contributed by atoms with Crippen LogP contribution in [0.5, 0.6) is 5.75 Å². The molecule has 27 heavy (non-hydrogen) atoms. The molecule has 0 aliphatic rings. The normalized spacial score (nSPS) is 11.3. The second-order valence-electron chi connectivity index (χ2n) is 6.18. The Morgan fingerprint density at radius 1 is 1.15 bits per heavy atom. The van der Waals surface area contributed by atoms with Gasteiger partial charge in [-0.3, -0.25) is 9.59 Å². The first kappa shape index (κ1) is 18.3. The Morgan fingerprint density at radius 3 is 2.52 bits per heavy atom. The average Bonchev–Trinajstić information content (AvgIpc) is 2.68. The van der Waals surface area contributed by atoms with E-state index in [0.29, 0.717) is 16.5 Å². The number of carbonyl (C=O) groups is 1. The summed E-state index contributed by atoms with van der Waals surface area (Å²) in [7, 11) is 1.57. The lowest BCUT2D eigenvalue weighted by Gasteiger charge is -2.12. The summed E-state index contributed by atoms with van der Waals surface area (Å²) in [5, 5.41) is 9.19. The van der Waals surface area contributed by atoms with E-state index >= 15 is 0 Å². The molecule has 1 aromatic heterocycles. The van der Waals surface area contributed by atoms with E-state index in [1.54, 1.807) is 37.4 Å². The molecule has 2 aromatic carbocycles. The van der Waals surface area contributed by atoms with Gasteiger partial charge in [0.05, 0.1) is 24.8 Å². The number of nitrogens with zero attached hydrogens (tertiary/aromatic N) is 3. The van der Waals surface area contributed by atoms with Crippen molar-refractivity contribution < 1.29 is 9.53 Å². The number of fused-ring (bicyclic) bond motifs is 1. The summed E-state index contributed by atoms with van der Waals surface area (Å²) in [4.78, 5) is 25.2. The van der Waals surface area contributed by atoms with E-state index in [9.17, 15) is 9.59 Å². The van der Waals surface area contributed by atoms with E-state index in [1.165, 1.54) is 10.9 Å². The van der Waals surface area contributed by atoms with E-state index in [4.69, 9.17) is 4.74 Å². The Morgan fingerprint density at radius 2 is 1.81 bits per heavy atom. The molecule has 0 saturated heterocycles. The molecular formula is C20H20N4O3. The number of carbonyl (C=O) groups excluding carboxylic acids is 1. The zero-order chi connectivity index (χ0) is 19.4. The van der Waals surface area contributed by atoms with Gasteiger partial charge in [0.2, 0.25) is 0 Å². The van der Waals surface area contributed by atoms with Gasteiger partial charge in [0.15, 0.2) is 5.69 Å². The second kappa shape index (κ2) is 7.82. The maximum absolute atomic E-state index is 12.7. The lowest BCUT2D eigenvalue weighted by molar-refractivity contribution is 0.0949. The molecule has 1 heterocycles. The Kier molecular flexibility index (Phi) is 5.30. The van der Waals surface area contributed by atoms with E-state index in [-0.39, 0.29) is 17.3 Å². The van der Waals surface area contributed by atoms with Gasteiger partial charge >= 0.3 is 0 Å². The van der Waals surface area contributed by atoms with Gasteiger partial charge in [-0.1, -0.05) is 30.3 Å². The number of nitrogens with one attached hydrogen (secondary N) is 1. The number of methoxy groups -OCH3 is 1. The molecule has 138 valence electrons. The van der Waals surface area contributed by atoms with Crippen LogP contribution >= 0.6 is 0 Å². The second-order valence-corrected chi connectivity index (χ2v) is 6.18. The zero-order valence-corrected chi connectivity index (χ0v) is 15.3. The lowest BCUT2D eigenvalue weighted by atomic mass is 10.1. The number of ether oxygens (including phenoxy) is 1. The van der Waals surface area contributed by atoms with E-state index in [1.807, 2.05) is 32.0 Å². The van der Waals surface area contributed by atoms with Crippen LogP contribution in [0.25, 0.3) is 10.8 Å². The lowest BCUT2D eigenvalue weighted by Crippen LogP contribution is -2.30. The maximum Gasteiger partial charge on any atom is 0.292 e. The van der Waals surface area contributed by atoms with Crippen LogP contribution in [0.4, 0.5) is 0 Å². The van der Waals surface area contributed by atoms with Crippen molar-refractivity contribution in [1.82, 2.24) is 15.2 Å². The molecule has 0 atom stereocenters. The van der Waals surface area contributed by atoms with Crippen LogP contribution in [-0.2, 0) is 0 Å². The highest BCUT2D eigenvalue weighted by Crippen LogP contribution is 2.16. The monoisotopic (exact) mass is 364 g/mol. The number of hydrazone groups is 1. The van der Waals surface area contributed by atoms with Gasteiger partial charge in [0, 0.05) is 10.9 Å². The molecule has 3 aromatic rings. The standard InChI is InChI=1S/C20H20N4O3/c1-13(2)24-20(26)16-10-6-5-9-15(16)18(23-24)19(25)22-21-12-14-8-4-7-11-17(14)27-3/h4-13H,1-3H3,(H,22,25)/b21-12-. The summed E-state index contributed by atoms with van der Waals surface area (Å²) in [5.74, 6) is 0.152. The maximum atomic E-state index is 12.7. The van der Waals surface area contributed by atoms with Gasteiger partial charge in [-0.05, 0) is 32.0 Å². The van der Waals surface area contributed by atoms with Gasteiger partial charge in [0.1, 0.15) is 5.75 Å². The highest BCUT2D eigenvalue weighted by molar-refractivity contribution is 6.05. The molecule has 0 saturated carbocycles.